The van der Waals surface area contributed by atoms with Crippen LogP contribution in [0, 0.1) is 6.92 Å². The van der Waals surface area contributed by atoms with E-state index in [0.29, 0.717) is 12.4 Å². The molecule has 0 aliphatic heterocycles. The predicted octanol–water partition coefficient (Wildman–Crippen LogP) is 3.36. The van der Waals surface area contributed by atoms with Crippen molar-refractivity contribution in [2.24, 2.45) is 0 Å². The van der Waals surface area contributed by atoms with Gasteiger partial charge in [0.05, 0.1) is 0 Å². The molecule has 7 nitrogen and oxygen atoms in total. The minimum absolute atomic E-state index is 0.0669. The number of rotatable bonds is 8. The van der Waals surface area contributed by atoms with Crippen molar-refractivity contribution >= 4 is 17.9 Å². The summed E-state index contributed by atoms with van der Waals surface area (Å²) in [6.07, 6.45) is 0.732. The summed E-state index contributed by atoms with van der Waals surface area (Å²) in [5, 5.41) is 4.71. The zero-order valence-electron chi connectivity index (χ0n) is 16.9. The number of hydrogen-bond donors (Lipinski definition) is 2. The number of benzene rings is 2. The molecule has 1 atom stereocenters. The summed E-state index contributed by atoms with van der Waals surface area (Å²) in [5.41, 5.74) is 2.29. The standard InChI is InChI=1S/C22H26N2O5/c1-4-16(3)23-22(27)24-20(25)14-29-21(26)18-10-5-6-11-19(18)28-13-17-9-7-8-15(2)12-17/h5-12,16H,4,13-14H2,1-3H3,(H2,23,24,25,27)/t16-/m0/s1. The number of ether oxygens (including phenoxy) is 2. The maximum atomic E-state index is 12.4. The van der Waals surface area contributed by atoms with Crippen LogP contribution in [0.1, 0.15) is 41.8 Å². The number of nitrogens with one attached hydrogen (secondary N) is 2. The summed E-state index contributed by atoms with van der Waals surface area (Å²) in [6.45, 7) is 5.44. The number of para-hydroxylation sites is 1. The normalized spacial score (nSPS) is 11.3. The van der Waals surface area contributed by atoms with Gasteiger partial charge in [-0.25, -0.2) is 9.59 Å². The lowest BCUT2D eigenvalue weighted by Crippen LogP contribution is -2.44. The maximum Gasteiger partial charge on any atom is 0.342 e. The van der Waals surface area contributed by atoms with Crippen molar-refractivity contribution in [1.82, 2.24) is 10.6 Å². The molecule has 29 heavy (non-hydrogen) atoms. The highest BCUT2D eigenvalue weighted by molar-refractivity contribution is 5.97. The molecule has 2 N–H and O–H groups in total. The molecular formula is C22H26N2O5. The lowest BCUT2D eigenvalue weighted by molar-refractivity contribution is -0.123. The Morgan fingerprint density at radius 2 is 1.83 bits per heavy atom. The molecule has 0 fully saturated rings. The largest absolute Gasteiger partial charge is 0.488 e. The number of esters is 1. The fraction of sp³-hybridized carbons (Fsp3) is 0.318. The SMILES string of the molecule is CC[C@H](C)NC(=O)NC(=O)COC(=O)c1ccccc1OCc1cccc(C)c1. The molecular weight excluding hydrogens is 372 g/mol. The van der Waals surface area contributed by atoms with Crippen LogP contribution in [0.4, 0.5) is 4.79 Å². The molecule has 0 aromatic heterocycles. The molecule has 0 aliphatic carbocycles. The van der Waals surface area contributed by atoms with Crippen molar-refractivity contribution in [3.8, 4) is 5.75 Å². The van der Waals surface area contributed by atoms with Crippen molar-refractivity contribution in [2.45, 2.75) is 39.8 Å². The minimum atomic E-state index is -0.711. The van der Waals surface area contributed by atoms with Crippen molar-refractivity contribution in [3.05, 3.63) is 65.2 Å². The lowest BCUT2D eigenvalue weighted by atomic mass is 10.1. The van der Waals surface area contributed by atoms with E-state index in [9.17, 15) is 14.4 Å². The van der Waals surface area contributed by atoms with Gasteiger partial charge in [-0.05, 0) is 38.0 Å². The summed E-state index contributed by atoms with van der Waals surface area (Å²) < 4.78 is 10.8. The van der Waals surface area contributed by atoms with Crippen LogP contribution in [0.15, 0.2) is 48.5 Å². The van der Waals surface area contributed by atoms with Gasteiger partial charge in [-0.15, -0.1) is 0 Å². The van der Waals surface area contributed by atoms with Crippen LogP contribution < -0.4 is 15.4 Å². The van der Waals surface area contributed by atoms with Crippen LogP contribution in [-0.2, 0) is 16.1 Å². The first-order chi connectivity index (χ1) is 13.9. The summed E-state index contributed by atoms with van der Waals surface area (Å²) in [7, 11) is 0. The third-order valence-electron chi connectivity index (χ3n) is 4.16. The lowest BCUT2D eigenvalue weighted by Gasteiger charge is -2.13. The molecule has 0 radical (unpaired) electrons. The van der Waals surface area contributed by atoms with Crippen LogP contribution in [0.3, 0.4) is 0 Å². The Morgan fingerprint density at radius 3 is 2.55 bits per heavy atom. The van der Waals surface area contributed by atoms with Crippen molar-refractivity contribution in [3.63, 3.8) is 0 Å². The molecule has 0 aliphatic rings. The monoisotopic (exact) mass is 398 g/mol. The van der Waals surface area contributed by atoms with Gasteiger partial charge in [0.1, 0.15) is 17.9 Å². The number of hydrogen-bond acceptors (Lipinski definition) is 5. The van der Waals surface area contributed by atoms with Crippen LogP contribution in [0.5, 0.6) is 5.75 Å². The number of aryl methyl sites for hydroxylation is 1. The molecule has 0 saturated carbocycles. The first-order valence-corrected chi connectivity index (χ1v) is 9.44. The third kappa shape index (κ3) is 7.29. The third-order valence-corrected chi connectivity index (χ3v) is 4.16. The molecule has 0 unspecified atom stereocenters. The Kier molecular flexibility index (Phi) is 8.21. The van der Waals surface area contributed by atoms with Gasteiger partial charge in [-0.2, -0.15) is 0 Å². The molecule has 0 bridgehead atoms. The predicted molar refractivity (Wildman–Crippen MR) is 109 cm³/mol. The van der Waals surface area contributed by atoms with Gasteiger partial charge >= 0.3 is 12.0 Å². The van der Waals surface area contributed by atoms with E-state index in [-0.39, 0.29) is 11.6 Å². The van der Waals surface area contributed by atoms with Crippen LogP contribution in [-0.4, -0.2) is 30.6 Å². The maximum absolute atomic E-state index is 12.4. The smallest absolute Gasteiger partial charge is 0.342 e. The second kappa shape index (κ2) is 10.8. The van der Waals surface area contributed by atoms with E-state index >= 15 is 0 Å². The fourth-order valence-corrected chi connectivity index (χ4v) is 2.46. The highest BCUT2D eigenvalue weighted by atomic mass is 16.5. The van der Waals surface area contributed by atoms with Crippen LogP contribution >= 0.6 is 0 Å². The number of imide groups is 1. The molecule has 2 rings (SSSR count). The molecule has 3 amide bonds. The van der Waals surface area contributed by atoms with Crippen LogP contribution in [0.2, 0.25) is 0 Å². The van der Waals surface area contributed by atoms with Crippen LogP contribution in [0.25, 0.3) is 0 Å². The number of carbonyl (C=O) groups is 3. The van der Waals surface area contributed by atoms with Crippen molar-refractivity contribution < 1.29 is 23.9 Å². The Labute approximate surface area is 170 Å². The van der Waals surface area contributed by atoms with Crippen molar-refractivity contribution in [2.75, 3.05) is 6.61 Å². The van der Waals surface area contributed by atoms with Gasteiger partial charge in [0.25, 0.3) is 5.91 Å². The van der Waals surface area contributed by atoms with E-state index in [1.165, 1.54) is 0 Å². The van der Waals surface area contributed by atoms with Gasteiger partial charge in [0.2, 0.25) is 0 Å². The first-order valence-electron chi connectivity index (χ1n) is 9.44. The summed E-state index contributed by atoms with van der Waals surface area (Å²) in [6, 6.07) is 13.8. The zero-order chi connectivity index (χ0) is 21.2. The minimum Gasteiger partial charge on any atom is -0.488 e. The molecule has 0 spiro atoms. The van der Waals surface area contributed by atoms with Gasteiger partial charge in [0, 0.05) is 6.04 Å². The van der Waals surface area contributed by atoms with Gasteiger partial charge < -0.3 is 14.8 Å². The fourth-order valence-electron chi connectivity index (χ4n) is 2.46. The molecule has 0 heterocycles. The van der Waals surface area contributed by atoms with Gasteiger partial charge in [-0.3, -0.25) is 10.1 Å². The Bertz CT molecular complexity index is 866. The Balaban J connectivity index is 1.90. The Hall–Kier alpha value is -3.35. The first kappa shape index (κ1) is 21.9. The topological polar surface area (TPSA) is 93.7 Å². The van der Waals surface area contributed by atoms with Crippen molar-refractivity contribution in [1.29, 1.82) is 0 Å². The second-order valence-electron chi connectivity index (χ2n) is 6.68. The molecule has 0 saturated heterocycles. The average molecular weight is 398 g/mol. The highest BCUT2D eigenvalue weighted by Crippen LogP contribution is 2.20. The highest BCUT2D eigenvalue weighted by Gasteiger charge is 2.17. The van der Waals surface area contributed by atoms with E-state index in [0.717, 1.165) is 17.5 Å². The molecule has 2 aromatic rings. The van der Waals surface area contributed by atoms with E-state index < -0.39 is 24.5 Å². The quantitative estimate of drug-likeness (QED) is 0.665. The number of carbonyl (C=O) groups excluding carboxylic acids is 3. The Morgan fingerprint density at radius 1 is 1.07 bits per heavy atom. The number of amides is 3. The second-order valence-corrected chi connectivity index (χ2v) is 6.68. The molecule has 154 valence electrons. The van der Waals surface area contributed by atoms with Gasteiger partial charge in [0.15, 0.2) is 6.61 Å². The van der Waals surface area contributed by atoms with Gasteiger partial charge in [-0.1, -0.05) is 48.9 Å². The van der Waals surface area contributed by atoms with E-state index in [2.05, 4.69) is 10.6 Å². The summed E-state index contributed by atoms with van der Waals surface area (Å²) in [5.74, 6) is -1.06. The van der Waals surface area contributed by atoms with E-state index in [1.54, 1.807) is 24.3 Å². The molecule has 2 aromatic carbocycles. The summed E-state index contributed by atoms with van der Waals surface area (Å²) in [4.78, 5) is 35.8. The zero-order valence-corrected chi connectivity index (χ0v) is 16.9. The average Bonchev–Trinajstić information content (AvgIpc) is 2.70. The van der Waals surface area contributed by atoms with E-state index in [1.807, 2.05) is 45.0 Å². The molecule has 7 heteroatoms. The number of urea groups is 1. The summed E-state index contributed by atoms with van der Waals surface area (Å²) >= 11 is 0. The van der Waals surface area contributed by atoms with E-state index in [4.69, 9.17) is 9.47 Å².